The van der Waals surface area contributed by atoms with Crippen LogP contribution in [-0.4, -0.2) is 10.2 Å². The monoisotopic (exact) mass is 289 g/mol. The molecule has 6 heteroatoms. The average Bonchev–Trinajstić information content (AvgIpc) is 2.51. The van der Waals surface area contributed by atoms with Crippen LogP contribution in [0.2, 0.25) is 10.0 Å². The van der Waals surface area contributed by atoms with Gasteiger partial charge in [-0.2, -0.15) is 0 Å². The van der Waals surface area contributed by atoms with E-state index < -0.39 is 0 Å². The summed E-state index contributed by atoms with van der Waals surface area (Å²) >= 11 is 18.0. The summed E-state index contributed by atoms with van der Waals surface area (Å²) in [6.07, 6.45) is 1.72. The van der Waals surface area contributed by atoms with Gasteiger partial charge in [0.05, 0.1) is 4.91 Å². The van der Waals surface area contributed by atoms with Gasteiger partial charge in [0.2, 0.25) is 0 Å². The van der Waals surface area contributed by atoms with Gasteiger partial charge in [0.1, 0.15) is 4.99 Å². The van der Waals surface area contributed by atoms with Crippen LogP contribution in [-0.2, 0) is 0 Å². The molecule has 0 radical (unpaired) electrons. The number of nitrogens with one attached hydrogen (secondary N) is 1. The molecule has 0 aliphatic carbocycles. The lowest BCUT2D eigenvalue weighted by molar-refractivity contribution is 0.265. The molecule has 1 saturated heterocycles. The van der Waals surface area contributed by atoms with Crippen molar-refractivity contribution in [1.82, 2.24) is 5.32 Å². The van der Waals surface area contributed by atoms with Crippen molar-refractivity contribution >= 4 is 63.5 Å². The summed E-state index contributed by atoms with van der Waals surface area (Å²) < 4.78 is 0. The predicted molar refractivity (Wildman–Crippen MR) is 73.2 cm³/mol. The zero-order valence-corrected chi connectivity index (χ0v) is 10.9. The molecule has 16 heavy (non-hydrogen) atoms. The van der Waals surface area contributed by atoms with Crippen LogP contribution < -0.4 is 5.32 Å². The van der Waals surface area contributed by atoms with E-state index in [2.05, 4.69) is 5.32 Å². The molecule has 1 N–H and O–H groups in total. The van der Waals surface area contributed by atoms with E-state index in [1.807, 2.05) is 0 Å². The zero-order valence-electron chi connectivity index (χ0n) is 7.79. The first-order valence-corrected chi connectivity index (χ1v) is 6.25. The third-order valence-corrected chi connectivity index (χ3v) is 3.86. The maximum absolute atomic E-state index is 11.1. The summed E-state index contributed by atoms with van der Waals surface area (Å²) in [6.45, 7) is 0. The van der Waals surface area contributed by atoms with Crippen molar-refractivity contribution < 1.29 is 4.79 Å². The van der Waals surface area contributed by atoms with Gasteiger partial charge >= 0.3 is 0 Å². The SMILES string of the molecule is O=C1NC(=S)/C(=C/c2c(Cl)cccc2Cl)S1. The fourth-order valence-corrected chi connectivity index (χ4v) is 2.72. The maximum Gasteiger partial charge on any atom is 0.289 e. The van der Waals surface area contributed by atoms with Crippen molar-refractivity contribution in [3.63, 3.8) is 0 Å². The van der Waals surface area contributed by atoms with E-state index in [0.29, 0.717) is 25.5 Å². The van der Waals surface area contributed by atoms with E-state index in [1.54, 1.807) is 24.3 Å². The maximum atomic E-state index is 11.1. The number of halogens is 2. The largest absolute Gasteiger partial charge is 0.307 e. The van der Waals surface area contributed by atoms with Crippen LogP contribution in [0.4, 0.5) is 4.79 Å². The molecule has 1 amide bonds. The number of rotatable bonds is 1. The highest BCUT2D eigenvalue weighted by Crippen LogP contribution is 2.32. The fourth-order valence-electron chi connectivity index (χ4n) is 1.20. The molecule has 82 valence electrons. The molecule has 0 atom stereocenters. The van der Waals surface area contributed by atoms with E-state index in [-0.39, 0.29) is 5.24 Å². The van der Waals surface area contributed by atoms with Crippen LogP contribution >= 0.6 is 47.2 Å². The average molecular weight is 290 g/mol. The lowest BCUT2D eigenvalue weighted by atomic mass is 10.2. The van der Waals surface area contributed by atoms with E-state index in [9.17, 15) is 4.79 Å². The Bertz CT molecular complexity index is 493. The van der Waals surface area contributed by atoms with Gasteiger partial charge in [0.25, 0.3) is 5.24 Å². The molecule has 2 rings (SSSR count). The summed E-state index contributed by atoms with van der Waals surface area (Å²) in [6, 6.07) is 5.23. The summed E-state index contributed by atoms with van der Waals surface area (Å²) in [5.74, 6) is 0. The van der Waals surface area contributed by atoms with Crippen LogP contribution in [0.1, 0.15) is 5.56 Å². The Hall–Kier alpha value is -0.550. The van der Waals surface area contributed by atoms with E-state index >= 15 is 0 Å². The minimum atomic E-state index is -0.181. The van der Waals surface area contributed by atoms with Crippen molar-refractivity contribution in [2.45, 2.75) is 0 Å². The molecule has 1 aliphatic heterocycles. The van der Waals surface area contributed by atoms with Crippen LogP contribution in [0.5, 0.6) is 0 Å². The van der Waals surface area contributed by atoms with E-state index in [4.69, 9.17) is 35.4 Å². The number of hydrogen-bond donors (Lipinski definition) is 1. The molecular weight excluding hydrogens is 285 g/mol. The topological polar surface area (TPSA) is 29.1 Å². The Morgan fingerprint density at radius 1 is 1.31 bits per heavy atom. The summed E-state index contributed by atoms with van der Waals surface area (Å²) in [7, 11) is 0. The molecule has 0 unspecified atom stereocenters. The normalized spacial score (nSPS) is 18.0. The second kappa shape index (κ2) is 4.75. The van der Waals surface area contributed by atoms with Crippen LogP contribution in [0, 0.1) is 0 Å². The minimum absolute atomic E-state index is 0.181. The minimum Gasteiger partial charge on any atom is -0.307 e. The van der Waals surface area contributed by atoms with Crippen molar-refractivity contribution in [2.75, 3.05) is 0 Å². The number of carbonyl (C=O) groups excluding carboxylic acids is 1. The fraction of sp³-hybridized carbons (Fsp3) is 0. The van der Waals surface area contributed by atoms with Crippen molar-refractivity contribution in [3.8, 4) is 0 Å². The van der Waals surface area contributed by atoms with Crippen molar-refractivity contribution in [1.29, 1.82) is 0 Å². The second-order valence-electron chi connectivity index (χ2n) is 2.99. The summed E-state index contributed by atoms with van der Waals surface area (Å²) in [5.41, 5.74) is 0.673. The predicted octanol–water partition coefficient (Wildman–Crippen LogP) is 4.12. The van der Waals surface area contributed by atoms with Crippen LogP contribution in [0.3, 0.4) is 0 Å². The molecule has 1 aromatic carbocycles. The lowest BCUT2D eigenvalue weighted by Crippen LogP contribution is -2.15. The first kappa shape index (κ1) is 11.9. The van der Waals surface area contributed by atoms with Crippen molar-refractivity contribution in [3.05, 3.63) is 38.7 Å². The van der Waals surface area contributed by atoms with Crippen LogP contribution in [0.25, 0.3) is 6.08 Å². The van der Waals surface area contributed by atoms with E-state index in [1.165, 1.54) is 0 Å². The molecule has 1 aliphatic rings. The summed E-state index contributed by atoms with van der Waals surface area (Å²) in [5, 5.41) is 3.41. The van der Waals surface area contributed by atoms with Crippen molar-refractivity contribution in [2.24, 2.45) is 0 Å². The number of amides is 1. The molecule has 2 nitrogen and oxygen atoms in total. The Morgan fingerprint density at radius 2 is 1.94 bits per heavy atom. The molecule has 0 bridgehead atoms. The number of thiocarbonyl (C=S) groups is 1. The zero-order chi connectivity index (χ0) is 11.7. The highest BCUT2D eigenvalue weighted by molar-refractivity contribution is 8.19. The molecule has 1 aromatic rings. The standard InChI is InChI=1S/C10H5Cl2NOS2/c11-6-2-1-3-7(12)5(6)4-8-9(15)13-10(14)16-8/h1-4H,(H,13,14,15)/b8-4-. The van der Waals surface area contributed by atoms with Crippen LogP contribution in [0.15, 0.2) is 23.1 Å². The van der Waals surface area contributed by atoms with Gasteiger partial charge < -0.3 is 5.32 Å². The molecule has 0 spiro atoms. The van der Waals surface area contributed by atoms with Gasteiger partial charge in [-0.25, -0.2) is 0 Å². The van der Waals surface area contributed by atoms with Gasteiger partial charge in [-0.3, -0.25) is 4.79 Å². The van der Waals surface area contributed by atoms with E-state index in [0.717, 1.165) is 11.8 Å². The number of thioether (sulfide) groups is 1. The number of benzene rings is 1. The first-order chi connectivity index (χ1) is 7.58. The highest BCUT2D eigenvalue weighted by Gasteiger charge is 2.22. The highest BCUT2D eigenvalue weighted by atomic mass is 35.5. The second-order valence-corrected chi connectivity index (χ2v) is 5.22. The van der Waals surface area contributed by atoms with Gasteiger partial charge in [-0.15, -0.1) is 0 Å². The number of carbonyl (C=O) groups is 1. The Balaban J connectivity index is 2.44. The third kappa shape index (κ3) is 2.40. The van der Waals surface area contributed by atoms with Gasteiger partial charge in [-0.05, 0) is 30.0 Å². The molecule has 1 fully saturated rings. The Morgan fingerprint density at radius 3 is 2.44 bits per heavy atom. The Labute approximate surface area is 112 Å². The first-order valence-electron chi connectivity index (χ1n) is 4.27. The molecule has 0 saturated carbocycles. The molecule has 0 aromatic heterocycles. The third-order valence-electron chi connectivity index (χ3n) is 1.92. The van der Waals surface area contributed by atoms with Gasteiger partial charge in [-0.1, -0.05) is 41.5 Å². The van der Waals surface area contributed by atoms with Gasteiger partial charge in [0.15, 0.2) is 0 Å². The lowest BCUT2D eigenvalue weighted by Gasteiger charge is -2.02. The number of hydrogen-bond acceptors (Lipinski definition) is 3. The smallest absolute Gasteiger partial charge is 0.289 e. The molecule has 1 heterocycles. The van der Waals surface area contributed by atoms with Gasteiger partial charge in [0, 0.05) is 15.6 Å². The molecular formula is C10H5Cl2NOS2. The quantitative estimate of drug-likeness (QED) is 0.623. The summed E-state index contributed by atoms with van der Waals surface area (Å²) in [4.78, 5) is 12.2. The Kier molecular flexibility index (Phi) is 3.54.